The topological polar surface area (TPSA) is 9.23 Å². The second kappa shape index (κ2) is 5.74. The molecule has 0 bridgehead atoms. The van der Waals surface area contributed by atoms with Crippen LogP contribution in [0.25, 0.3) is 0 Å². The molecule has 0 radical (unpaired) electrons. The quantitative estimate of drug-likeness (QED) is 0.389. The molecule has 0 fully saturated rings. The van der Waals surface area contributed by atoms with Crippen LogP contribution >= 0.6 is 34.8 Å². The lowest BCUT2D eigenvalue weighted by Crippen LogP contribution is -2.12. The zero-order chi connectivity index (χ0) is 8.74. The normalized spacial score (nSPS) is 10.1. The van der Waals surface area contributed by atoms with E-state index in [4.69, 9.17) is 39.5 Å². The number of rotatable bonds is 2. The lowest BCUT2D eigenvalue weighted by atomic mass is 10.6. The molecule has 0 atom stereocenters. The summed E-state index contributed by atoms with van der Waals surface area (Å²) in [6, 6.07) is 0. The molecule has 11 heavy (non-hydrogen) atoms. The summed E-state index contributed by atoms with van der Waals surface area (Å²) < 4.78 is 3.53. The third-order valence-corrected chi connectivity index (χ3v) is 0.971. The van der Waals surface area contributed by atoms with Gasteiger partial charge in [0.15, 0.2) is 0 Å². The molecule has 0 aromatic rings. The molecule has 0 aromatic heterocycles. The van der Waals surface area contributed by atoms with E-state index in [1.165, 1.54) is 6.08 Å². The van der Waals surface area contributed by atoms with Crippen molar-refractivity contribution in [2.24, 2.45) is 0 Å². The van der Waals surface area contributed by atoms with Gasteiger partial charge in [0.05, 0.1) is 6.61 Å². The molecule has 0 aliphatic heterocycles. The fourth-order valence-corrected chi connectivity index (χ4v) is 0.563. The van der Waals surface area contributed by atoms with E-state index in [0.29, 0.717) is 0 Å². The Morgan fingerprint density at radius 2 is 2.09 bits per heavy atom. The smallest absolute Gasteiger partial charge is 0.213 e. The van der Waals surface area contributed by atoms with Crippen molar-refractivity contribution in [2.45, 2.75) is 3.79 Å². The highest BCUT2D eigenvalue weighted by Crippen LogP contribution is 2.25. The van der Waals surface area contributed by atoms with Gasteiger partial charge in [0.1, 0.15) is 6.61 Å². The monoisotopic (exact) mass is 212 g/mol. The van der Waals surface area contributed by atoms with Gasteiger partial charge in [0, 0.05) is 0 Å². The SMILES string of the molecule is C=CC#CCOCC(Cl)(Cl)Cl. The Morgan fingerprint density at radius 1 is 1.45 bits per heavy atom. The van der Waals surface area contributed by atoms with Crippen LogP contribution in [0.5, 0.6) is 0 Å². The lowest BCUT2D eigenvalue weighted by molar-refractivity contribution is 0.173. The molecule has 0 amide bonds. The molecular formula is C7H7Cl3O. The zero-order valence-corrected chi connectivity index (χ0v) is 8.01. The van der Waals surface area contributed by atoms with Crippen molar-refractivity contribution in [3.05, 3.63) is 12.7 Å². The van der Waals surface area contributed by atoms with Crippen LogP contribution in [0.3, 0.4) is 0 Å². The van der Waals surface area contributed by atoms with Crippen molar-refractivity contribution in [3.63, 3.8) is 0 Å². The zero-order valence-electron chi connectivity index (χ0n) is 5.74. The number of allylic oxidation sites excluding steroid dienone is 1. The molecule has 0 aromatic carbocycles. The second-order valence-electron chi connectivity index (χ2n) is 1.63. The summed E-state index contributed by atoms with van der Waals surface area (Å²) in [5, 5.41) is 0. The summed E-state index contributed by atoms with van der Waals surface area (Å²) in [5.74, 6) is 5.24. The van der Waals surface area contributed by atoms with E-state index in [-0.39, 0.29) is 13.2 Å². The third kappa shape index (κ3) is 10.1. The minimum atomic E-state index is -1.35. The van der Waals surface area contributed by atoms with Crippen molar-refractivity contribution in [1.82, 2.24) is 0 Å². The number of hydrogen-bond donors (Lipinski definition) is 0. The number of ether oxygens (including phenoxy) is 1. The van der Waals surface area contributed by atoms with Gasteiger partial charge >= 0.3 is 0 Å². The van der Waals surface area contributed by atoms with E-state index in [9.17, 15) is 0 Å². The van der Waals surface area contributed by atoms with Gasteiger partial charge in [0.25, 0.3) is 0 Å². The summed E-state index contributed by atoms with van der Waals surface area (Å²) in [7, 11) is 0. The summed E-state index contributed by atoms with van der Waals surface area (Å²) in [6.07, 6.45) is 1.47. The predicted molar refractivity (Wildman–Crippen MR) is 49.1 cm³/mol. The highest BCUT2D eigenvalue weighted by Gasteiger charge is 2.18. The molecule has 0 saturated carbocycles. The Kier molecular flexibility index (Phi) is 5.81. The standard InChI is InChI=1S/C7H7Cl3O/c1-2-3-4-5-11-6-7(8,9)10/h2H,1,5-6H2. The largest absolute Gasteiger partial charge is 0.364 e. The minimum absolute atomic E-state index is 0.0451. The van der Waals surface area contributed by atoms with Crippen molar-refractivity contribution in [3.8, 4) is 11.8 Å². The van der Waals surface area contributed by atoms with E-state index >= 15 is 0 Å². The molecular weight excluding hydrogens is 206 g/mol. The first-order valence-corrected chi connectivity index (χ1v) is 3.93. The van der Waals surface area contributed by atoms with Crippen molar-refractivity contribution < 1.29 is 4.74 Å². The first-order chi connectivity index (χ1) is 5.06. The minimum Gasteiger partial charge on any atom is -0.364 e. The van der Waals surface area contributed by atoms with Gasteiger partial charge < -0.3 is 4.74 Å². The van der Waals surface area contributed by atoms with Gasteiger partial charge in [-0.05, 0) is 6.08 Å². The van der Waals surface area contributed by atoms with E-state index < -0.39 is 3.79 Å². The Labute approximate surface area is 81.3 Å². The van der Waals surface area contributed by atoms with Gasteiger partial charge in [0.2, 0.25) is 3.79 Å². The van der Waals surface area contributed by atoms with Crippen LogP contribution in [0.4, 0.5) is 0 Å². The molecule has 0 spiro atoms. The van der Waals surface area contributed by atoms with Gasteiger partial charge in [-0.1, -0.05) is 53.2 Å². The molecule has 0 aliphatic rings. The van der Waals surface area contributed by atoms with E-state index in [0.717, 1.165) is 0 Å². The molecule has 0 aliphatic carbocycles. The third-order valence-electron chi connectivity index (χ3n) is 0.644. The molecule has 0 unspecified atom stereocenters. The molecule has 4 heteroatoms. The van der Waals surface area contributed by atoms with Crippen molar-refractivity contribution in [1.29, 1.82) is 0 Å². The van der Waals surface area contributed by atoms with Gasteiger partial charge in [-0.15, -0.1) is 0 Å². The van der Waals surface area contributed by atoms with Crippen LogP contribution in [-0.2, 0) is 4.74 Å². The maximum atomic E-state index is 5.38. The van der Waals surface area contributed by atoms with Crippen LogP contribution in [0.1, 0.15) is 0 Å². The number of halogens is 3. The van der Waals surface area contributed by atoms with Crippen LogP contribution in [0.15, 0.2) is 12.7 Å². The molecule has 0 N–H and O–H groups in total. The summed E-state index contributed by atoms with van der Waals surface area (Å²) in [4.78, 5) is 0. The molecule has 62 valence electrons. The van der Waals surface area contributed by atoms with Crippen LogP contribution in [-0.4, -0.2) is 17.0 Å². The average Bonchev–Trinajstić information content (AvgIpc) is 1.85. The van der Waals surface area contributed by atoms with Crippen LogP contribution in [0.2, 0.25) is 0 Å². The molecule has 0 saturated heterocycles. The fourth-order valence-electron chi connectivity index (χ4n) is 0.332. The fraction of sp³-hybridized carbons (Fsp3) is 0.429. The highest BCUT2D eigenvalue weighted by molar-refractivity contribution is 6.67. The first kappa shape index (κ1) is 11.1. The van der Waals surface area contributed by atoms with Crippen LogP contribution in [0, 0.1) is 11.8 Å². The number of hydrogen-bond acceptors (Lipinski definition) is 1. The van der Waals surface area contributed by atoms with E-state index in [2.05, 4.69) is 18.4 Å². The molecule has 0 rings (SSSR count). The Bertz CT molecular complexity index is 172. The summed E-state index contributed by atoms with van der Waals surface area (Å²) in [5.41, 5.74) is 0. The first-order valence-electron chi connectivity index (χ1n) is 2.80. The van der Waals surface area contributed by atoms with E-state index in [1.54, 1.807) is 0 Å². The maximum absolute atomic E-state index is 5.38. The predicted octanol–water partition coefficient (Wildman–Crippen LogP) is 2.56. The van der Waals surface area contributed by atoms with Gasteiger partial charge in [-0.2, -0.15) is 0 Å². The Morgan fingerprint density at radius 3 is 2.55 bits per heavy atom. The Hall–Kier alpha value is 0.130. The average molecular weight is 213 g/mol. The highest BCUT2D eigenvalue weighted by atomic mass is 35.6. The maximum Gasteiger partial charge on any atom is 0.213 e. The summed E-state index contributed by atoms with van der Waals surface area (Å²) in [6.45, 7) is 3.69. The molecule has 0 heterocycles. The van der Waals surface area contributed by atoms with Gasteiger partial charge in [-0.3, -0.25) is 0 Å². The van der Waals surface area contributed by atoms with Crippen molar-refractivity contribution >= 4 is 34.8 Å². The summed E-state index contributed by atoms with van der Waals surface area (Å²) >= 11 is 16.2. The molecule has 1 nitrogen and oxygen atoms in total. The Balaban J connectivity index is 3.35. The van der Waals surface area contributed by atoms with Crippen molar-refractivity contribution in [2.75, 3.05) is 13.2 Å². The lowest BCUT2D eigenvalue weighted by Gasteiger charge is -2.08. The van der Waals surface area contributed by atoms with E-state index in [1.807, 2.05) is 0 Å². The van der Waals surface area contributed by atoms with Crippen LogP contribution < -0.4 is 0 Å². The number of alkyl halides is 3. The van der Waals surface area contributed by atoms with Gasteiger partial charge in [-0.25, -0.2) is 0 Å². The second-order valence-corrected chi connectivity index (χ2v) is 4.15.